The standard InChI is InChI=1S/C16H26N2O2/c1-2-20-13-9-12(10-13)18-14(11-5-3-4-6-11)17-16(7-8-16)15(18)19/h11-14,17H,2-10H2,1H3. The van der Waals surface area contributed by atoms with Crippen LogP contribution in [-0.2, 0) is 9.53 Å². The van der Waals surface area contributed by atoms with Crippen molar-refractivity contribution in [3.8, 4) is 0 Å². The van der Waals surface area contributed by atoms with E-state index in [1.165, 1.54) is 25.7 Å². The third-order valence-corrected chi connectivity index (χ3v) is 5.83. The van der Waals surface area contributed by atoms with Crippen LogP contribution in [0.3, 0.4) is 0 Å². The fourth-order valence-electron chi connectivity index (χ4n) is 4.42. The summed E-state index contributed by atoms with van der Waals surface area (Å²) in [4.78, 5) is 15.0. The Morgan fingerprint density at radius 1 is 1.30 bits per heavy atom. The predicted molar refractivity (Wildman–Crippen MR) is 76.1 cm³/mol. The molecule has 0 aromatic heterocycles. The summed E-state index contributed by atoms with van der Waals surface area (Å²) < 4.78 is 5.67. The second kappa shape index (κ2) is 4.70. The lowest BCUT2D eigenvalue weighted by Gasteiger charge is -2.44. The van der Waals surface area contributed by atoms with E-state index in [0.29, 0.717) is 30.1 Å². The van der Waals surface area contributed by atoms with Crippen molar-refractivity contribution in [3.05, 3.63) is 0 Å². The summed E-state index contributed by atoms with van der Waals surface area (Å²) in [7, 11) is 0. The van der Waals surface area contributed by atoms with Gasteiger partial charge in [0.05, 0.1) is 17.8 Å². The maximum Gasteiger partial charge on any atom is 0.244 e. The van der Waals surface area contributed by atoms with Crippen molar-refractivity contribution in [1.82, 2.24) is 10.2 Å². The molecule has 20 heavy (non-hydrogen) atoms. The highest BCUT2D eigenvalue weighted by Crippen LogP contribution is 2.48. The van der Waals surface area contributed by atoms with Gasteiger partial charge in [0.2, 0.25) is 5.91 Å². The molecule has 1 aliphatic heterocycles. The van der Waals surface area contributed by atoms with Crippen LogP contribution in [0.25, 0.3) is 0 Å². The Morgan fingerprint density at radius 2 is 2.00 bits per heavy atom. The van der Waals surface area contributed by atoms with Gasteiger partial charge in [0.15, 0.2) is 0 Å². The molecule has 4 nitrogen and oxygen atoms in total. The summed E-state index contributed by atoms with van der Waals surface area (Å²) in [5.41, 5.74) is -0.149. The van der Waals surface area contributed by atoms with Gasteiger partial charge in [0, 0.05) is 12.6 Å². The van der Waals surface area contributed by atoms with Crippen LogP contribution in [0.1, 0.15) is 58.3 Å². The van der Waals surface area contributed by atoms with Gasteiger partial charge in [-0.05, 0) is 51.4 Å². The molecule has 112 valence electrons. The van der Waals surface area contributed by atoms with Crippen molar-refractivity contribution in [2.75, 3.05) is 6.61 Å². The SMILES string of the molecule is CCOC1CC(N2C(=O)C3(CC3)NC2C2CCCC2)C1. The van der Waals surface area contributed by atoms with Crippen molar-refractivity contribution in [2.24, 2.45) is 5.92 Å². The molecule has 4 rings (SSSR count). The third-order valence-electron chi connectivity index (χ3n) is 5.83. The molecule has 0 aromatic carbocycles. The van der Waals surface area contributed by atoms with E-state index in [1.54, 1.807) is 0 Å². The van der Waals surface area contributed by atoms with E-state index in [9.17, 15) is 4.79 Å². The van der Waals surface area contributed by atoms with E-state index in [4.69, 9.17) is 4.74 Å². The first-order valence-corrected chi connectivity index (χ1v) is 8.45. The van der Waals surface area contributed by atoms with Gasteiger partial charge in [-0.15, -0.1) is 0 Å². The highest BCUT2D eigenvalue weighted by atomic mass is 16.5. The number of hydrogen-bond donors (Lipinski definition) is 1. The van der Waals surface area contributed by atoms with Crippen LogP contribution in [-0.4, -0.2) is 41.3 Å². The predicted octanol–water partition coefficient (Wildman–Crippen LogP) is 2.03. The molecule has 1 saturated heterocycles. The summed E-state index contributed by atoms with van der Waals surface area (Å²) in [5.74, 6) is 1.08. The fraction of sp³-hybridized carbons (Fsp3) is 0.938. The molecule has 1 amide bonds. The summed E-state index contributed by atoms with van der Waals surface area (Å²) in [5, 5.41) is 3.71. The first kappa shape index (κ1) is 13.1. The molecular formula is C16H26N2O2. The topological polar surface area (TPSA) is 41.6 Å². The highest BCUT2D eigenvalue weighted by Gasteiger charge is 2.62. The van der Waals surface area contributed by atoms with Crippen LogP contribution in [0.5, 0.6) is 0 Å². The summed E-state index contributed by atoms with van der Waals surface area (Å²) in [6, 6.07) is 0.428. The van der Waals surface area contributed by atoms with E-state index in [1.807, 2.05) is 0 Å². The molecule has 1 spiro atoms. The van der Waals surface area contributed by atoms with Crippen LogP contribution < -0.4 is 5.32 Å². The molecule has 3 saturated carbocycles. The smallest absolute Gasteiger partial charge is 0.244 e. The maximum absolute atomic E-state index is 12.8. The van der Waals surface area contributed by atoms with Crippen LogP contribution in [0.2, 0.25) is 0 Å². The number of amides is 1. The molecule has 1 N–H and O–H groups in total. The van der Waals surface area contributed by atoms with E-state index >= 15 is 0 Å². The van der Waals surface area contributed by atoms with Gasteiger partial charge in [-0.2, -0.15) is 0 Å². The van der Waals surface area contributed by atoms with Crippen molar-refractivity contribution < 1.29 is 9.53 Å². The maximum atomic E-state index is 12.8. The minimum absolute atomic E-state index is 0.149. The normalized spacial score (nSPS) is 39.5. The van der Waals surface area contributed by atoms with Crippen LogP contribution in [0.15, 0.2) is 0 Å². The zero-order valence-corrected chi connectivity index (χ0v) is 12.4. The molecule has 3 aliphatic carbocycles. The fourth-order valence-corrected chi connectivity index (χ4v) is 4.42. The Labute approximate surface area is 121 Å². The number of nitrogens with one attached hydrogen (secondary N) is 1. The largest absolute Gasteiger partial charge is 0.378 e. The van der Waals surface area contributed by atoms with Crippen molar-refractivity contribution in [2.45, 2.75) is 82.1 Å². The molecule has 4 fully saturated rings. The first-order chi connectivity index (χ1) is 9.73. The molecule has 4 heteroatoms. The molecule has 1 atom stereocenters. The summed E-state index contributed by atoms with van der Waals surface area (Å²) in [6.45, 7) is 2.84. The van der Waals surface area contributed by atoms with E-state index in [2.05, 4.69) is 17.1 Å². The Kier molecular flexibility index (Phi) is 3.08. The van der Waals surface area contributed by atoms with Gasteiger partial charge in [0.25, 0.3) is 0 Å². The first-order valence-electron chi connectivity index (χ1n) is 8.45. The highest BCUT2D eigenvalue weighted by molar-refractivity contribution is 5.92. The molecule has 1 heterocycles. The minimum Gasteiger partial charge on any atom is -0.378 e. The quantitative estimate of drug-likeness (QED) is 0.855. The number of carbonyl (C=O) groups excluding carboxylic acids is 1. The summed E-state index contributed by atoms with van der Waals surface area (Å²) >= 11 is 0. The van der Waals surface area contributed by atoms with Crippen molar-refractivity contribution in [3.63, 3.8) is 0 Å². The number of hydrogen-bond acceptors (Lipinski definition) is 3. The number of rotatable bonds is 4. The van der Waals surface area contributed by atoms with Crippen LogP contribution in [0.4, 0.5) is 0 Å². The molecule has 4 aliphatic rings. The van der Waals surface area contributed by atoms with Gasteiger partial charge in [-0.3, -0.25) is 10.1 Å². The van der Waals surface area contributed by atoms with Crippen LogP contribution >= 0.6 is 0 Å². The number of carbonyl (C=O) groups is 1. The number of ether oxygens (including phenoxy) is 1. The zero-order chi connectivity index (χ0) is 13.7. The Hall–Kier alpha value is -0.610. The van der Waals surface area contributed by atoms with Gasteiger partial charge < -0.3 is 9.64 Å². The Bertz CT molecular complexity index is 395. The van der Waals surface area contributed by atoms with Gasteiger partial charge in [0.1, 0.15) is 0 Å². The lowest BCUT2D eigenvalue weighted by molar-refractivity contribution is -0.140. The second-order valence-electron chi connectivity index (χ2n) is 7.13. The lowest BCUT2D eigenvalue weighted by Crippen LogP contribution is -2.54. The lowest BCUT2D eigenvalue weighted by atomic mass is 9.86. The van der Waals surface area contributed by atoms with E-state index < -0.39 is 0 Å². The molecule has 0 aromatic rings. The summed E-state index contributed by atoms with van der Waals surface area (Å²) in [6.07, 6.45) is 10.1. The van der Waals surface area contributed by atoms with Gasteiger partial charge >= 0.3 is 0 Å². The third kappa shape index (κ3) is 1.92. The Morgan fingerprint density at radius 3 is 2.60 bits per heavy atom. The molecule has 1 unspecified atom stereocenters. The molecule has 0 radical (unpaired) electrons. The van der Waals surface area contributed by atoms with Crippen molar-refractivity contribution in [1.29, 1.82) is 0 Å². The zero-order valence-electron chi connectivity index (χ0n) is 12.4. The minimum atomic E-state index is -0.149. The average molecular weight is 278 g/mol. The van der Waals surface area contributed by atoms with E-state index in [-0.39, 0.29) is 5.54 Å². The van der Waals surface area contributed by atoms with E-state index in [0.717, 1.165) is 32.3 Å². The molecular weight excluding hydrogens is 252 g/mol. The van der Waals surface area contributed by atoms with Crippen LogP contribution in [0, 0.1) is 5.92 Å². The number of nitrogens with zero attached hydrogens (tertiary/aromatic N) is 1. The second-order valence-corrected chi connectivity index (χ2v) is 7.13. The Balaban J connectivity index is 1.48. The van der Waals surface area contributed by atoms with Gasteiger partial charge in [-0.1, -0.05) is 12.8 Å². The van der Waals surface area contributed by atoms with Gasteiger partial charge in [-0.25, -0.2) is 0 Å². The average Bonchev–Trinajstić information content (AvgIpc) is 2.87. The van der Waals surface area contributed by atoms with Crippen molar-refractivity contribution >= 4 is 5.91 Å². The monoisotopic (exact) mass is 278 g/mol. The molecule has 0 bridgehead atoms.